The molecule has 0 radical (unpaired) electrons. The molecular weight excluding hydrogens is 184 g/mol. The van der Waals surface area contributed by atoms with Crippen molar-refractivity contribution in [3.63, 3.8) is 0 Å². The predicted octanol–water partition coefficient (Wildman–Crippen LogP) is 1.19. The molecule has 0 spiro atoms. The summed E-state index contributed by atoms with van der Waals surface area (Å²) < 4.78 is 21.7. The fourth-order valence-electron chi connectivity index (χ4n) is 1.12. The Morgan fingerprint density at radius 3 is 1.86 bits per heavy atom. The molecule has 0 bridgehead atoms. The van der Waals surface area contributed by atoms with Crippen molar-refractivity contribution in [3.8, 4) is 0 Å². The average molecular weight is 204 g/mol. The van der Waals surface area contributed by atoms with Gasteiger partial charge in [0.05, 0.1) is 38.1 Å². The lowest BCUT2D eigenvalue weighted by Crippen LogP contribution is -2.24. The van der Waals surface area contributed by atoms with E-state index in [4.69, 9.17) is 18.9 Å². The lowest BCUT2D eigenvalue weighted by atomic mass is 10.4. The van der Waals surface area contributed by atoms with Crippen molar-refractivity contribution in [2.24, 2.45) is 0 Å². The molecule has 0 aromatic heterocycles. The Labute approximate surface area is 85.5 Å². The van der Waals surface area contributed by atoms with Crippen LogP contribution in [0.15, 0.2) is 0 Å². The summed E-state index contributed by atoms with van der Waals surface area (Å²) in [5, 5.41) is 0. The summed E-state index contributed by atoms with van der Waals surface area (Å²) in [4.78, 5) is 0. The first-order chi connectivity index (χ1) is 6.68. The second-order valence-corrected chi connectivity index (χ2v) is 3.75. The van der Waals surface area contributed by atoms with Crippen LogP contribution < -0.4 is 0 Å². The molecule has 1 saturated heterocycles. The van der Waals surface area contributed by atoms with Gasteiger partial charge in [0.25, 0.3) is 0 Å². The Morgan fingerprint density at radius 1 is 0.714 bits per heavy atom. The van der Waals surface area contributed by atoms with E-state index in [0.29, 0.717) is 26.6 Å². The van der Waals surface area contributed by atoms with Gasteiger partial charge >= 0.3 is 0 Å². The second-order valence-electron chi connectivity index (χ2n) is 3.75. The highest BCUT2D eigenvalue weighted by molar-refractivity contribution is 4.55. The summed E-state index contributed by atoms with van der Waals surface area (Å²) >= 11 is 0. The van der Waals surface area contributed by atoms with Crippen LogP contribution in [0.2, 0.25) is 0 Å². The Bertz CT molecular complexity index is 135. The Kier molecular flexibility index (Phi) is 5.40. The lowest BCUT2D eigenvalue weighted by Gasteiger charge is -2.16. The normalized spacial score (nSPS) is 37.5. The van der Waals surface area contributed by atoms with Gasteiger partial charge in [0.2, 0.25) is 0 Å². The summed E-state index contributed by atoms with van der Waals surface area (Å²) in [6.45, 7) is 8.02. The van der Waals surface area contributed by atoms with Gasteiger partial charge in [-0.2, -0.15) is 0 Å². The van der Waals surface area contributed by atoms with Gasteiger partial charge in [-0.15, -0.1) is 0 Å². The van der Waals surface area contributed by atoms with E-state index >= 15 is 0 Å². The van der Waals surface area contributed by atoms with Crippen LogP contribution in [0.1, 0.15) is 20.8 Å². The first kappa shape index (κ1) is 11.9. The van der Waals surface area contributed by atoms with Crippen molar-refractivity contribution >= 4 is 0 Å². The molecule has 0 aliphatic carbocycles. The molecule has 1 aliphatic heterocycles. The van der Waals surface area contributed by atoms with Crippen LogP contribution in [0.4, 0.5) is 0 Å². The summed E-state index contributed by atoms with van der Waals surface area (Å²) in [6.07, 6.45) is 0.283. The Balaban J connectivity index is 2.33. The summed E-state index contributed by atoms with van der Waals surface area (Å²) in [5.74, 6) is 0. The van der Waals surface area contributed by atoms with Crippen LogP contribution in [0.5, 0.6) is 0 Å². The summed E-state index contributed by atoms with van der Waals surface area (Å²) in [5.41, 5.74) is 0. The molecule has 3 unspecified atom stereocenters. The van der Waals surface area contributed by atoms with Crippen molar-refractivity contribution in [2.45, 2.75) is 39.1 Å². The maximum atomic E-state index is 5.53. The first-order valence-electron chi connectivity index (χ1n) is 5.11. The van der Waals surface area contributed by atoms with Gasteiger partial charge in [-0.1, -0.05) is 0 Å². The Morgan fingerprint density at radius 2 is 1.21 bits per heavy atom. The molecule has 1 fully saturated rings. The maximum absolute atomic E-state index is 5.53. The highest BCUT2D eigenvalue weighted by Crippen LogP contribution is 2.02. The van der Waals surface area contributed by atoms with E-state index < -0.39 is 0 Å². The number of hydrogen-bond acceptors (Lipinski definition) is 4. The quantitative estimate of drug-likeness (QED) is 0.594. The minimum absolute atomic E-state index is 0.0749. The molecule has 1 heterocycles. The molecule has 0 aromatic carbocycles. The molecule has 0 amide bonds. The molecule has 14 heavy (non-hydrogen) atoms. The van der Waals surface area contributed by atoms with E-state index in [-0.39, 0.29) is 18.3 Å². The molecular formula is C10H20O4. The van der Waals surface area contributed by atoms with E-state index in [2.05, 4.69) is 0 Å². The zero-order valence-electron chi connectivity index (χ0n) is 9.19. The number of ether oxygens (including phenoxy) is 4. The summed E-state index contributed by atoms with van der Waals surface area (Å²) in [7, 11) is 0. The third kappa shape index (κ3) is 4.91. The zero-order valence-corrected chi connectivity index (χ0v) is 9.19. The highest BCUT2D eigenvalue weighted by atomic mass is 16.7. The zero-order chi connectivity index (χ0) is 10.4. The molecule has 4 nitrogen and oxygen atoms in total. The van der Waals surface area contributed by atoms with E-state index in [1.54, 1.807) is 0 Å². The van der Waals surface area contributed by atoms with Crippen molar-refractivity contribution in [1.29, 1.82) is 0 Å². The third-order valence-corrected chi connectivity index (χ3v) is 2.02. The third-order valence-electron chi connectivity index (χ3n) is 2.02. The molecule has 0 N–H and O–H groups in total. The minimum atomic E-state index is 0.0749. The van der Waals surface area contributed by atoms with Crippen LogP contribution >= 0.6 is 0 Å². The van der Waals surface area contributed by atoms with Crippen LogP contribution in [0.3, 0.4) is 0 Å². The number of rotatable bonds is 0. The summed E-state index contributed by atoms with van der Waals surface area (Å²) in [6, 6.07) is 0. The van der Waals surface area contributed by atoms with Crippen LogP contribution in [0.25, 0.3) is 0 Å². The standard InChI is InChI=1S/C10H20O4/c1-8-4-11-7-14-10(3)6-13-9(2)5-12-8/h8-10H,4-7H2,1-3H3. The molecule has 84 valence electrons. The van der Waals surface area contributed by atoms with Crippen LogP contribution in [-0.2, 0) is 18.9 Å². The van der Waals surface area contributed by atoms with E-state index in [0.717, 1.165) is 0 Å². The van der Waals surface area contributed by atoms with Crippen molar-refractivity contribution in [1.82, 2.24) is 0 Å². The van der Waals surface area contributed by atoms with Crippen molar-refractivity contribution in [2.75, 3.05) is 26.6 Å². The molecule has 1 aliphatic rings. The van der Waals surface area contributed by atoms with Gasteiger partial charge in [0.1, 0.15) is 6.79 Å². The maximum Gasteiger partial charge on any atom is 0.147 e. The van der Waals surface area contributed by atoms with Gasteiger partial charge in [-0.3, -0.25) is 0 Å². The second kappa shape index (κ2) is 6.35. The fraction of sp³-hybridized carbons (Fsp3) is 1.00. The van der Waals surface area contributed by atoms with E-state index in [1.165, 1.54) is 0 Å². The molecule has 1 rings (SSSR count). The van der Waals surface area contributed by atoms with Crippen LogP contribution in [-0.4, -0.2) is 44.9 Å². The smallest absolute Gasteiger partial charge is 0.147 e. The largest absolute Gasteiger partial charge is 0.373 e. The monoisotopic (exact) mass is 204 g/mol. The predicted molar refractivity (Wildman–Crippen MR) is 52.2 cm³/mol. The lowest BCUT2D eigenvalue weighted by molar-refractivity contribution is -0.111. The van der Waals surface area contributed by atoms with Crippen LogP contribution in [0, 0.1) is 0 Å². The van der Waals surface area contributed by atoms with Gasteiger partial charge in [-0.25, -0.2) is 0 Å². The average Bonchev–Trinajstić information content (AvgIpc) is 2.19. The van der Waals surface area contributed by atoms with Crippen molar-refractivity contribution in [3.05, 3.63) is 0 Å². The molecule has 0 saturated carbocycles. The minimum Gasteiger partial charge on any atom is -0.373 e. The van der Waals surface area contributed by atoms with Gasteiger partial charge < -0.3 is 18.9 Å². The van der Waals surface area contributed by atoms with Gasteiger partial charge in [0, 0.05) is 0 Å². The number of hydrogen-bond donors (Lipinski definition) is 0. The molecule has 3 atom stereocenters. The fourth-order valence-corrected chi connectivity index (χ4v) is 1.12. The molecule has 4 heteroatoms. The van der Waals surface area contributed by atoms with Gasteiger partial charge in [0.15, 0.2) is 0 Å². The van der Waals surface area contributed by atoms with Gasteiger partial charge in [-0.05, 0) is 20.8 Å². The van der Waals surface area contributed by atoms with E-state index in [9.17, 15) is 0 Å². The Hall–Kier alpha value is -0.160. The first-order valence-corrected chi connectivity index (χ1v) is 5.11. The van der Waals surface area contributed by atoms with Crippen molar-refractivity contribution < 1.29 is 18.9 Å². The SMILES string of the molecule is CC1COCOC(C)COC(C)CO1. The molecule has 0 aromatic rings. The topological polar surface area (TPSA) is 36.9 Å². The highest BCUT2D eigenvalue weighted by Gasteiger charge is 2.11. The van der Waals surface area contributed by atoms with E-state index in [1.807, 2.05) is 20.8 Å².